The van der Waals surface area contributed by atoms with E-state index in [9.17, 15) is 15.0 Å². The number of carbonyl (C=O) groups excluding carboxylic acids is 1. The Labute approximate surface area is 281 Å². The molecule has 0 bridgehead atoms. The number of unbranched alkanes of at least 4 members (excludes halogenated alkanes) is 24. The fraction of sp³-hybridized carbons (Fsp3) is 0.878. The van der Waals surface area contributed by atoms with E-state index >= 15 is 0 Å². The van der Waals surface area contributed by atoms with Crippen molar-refractivity contribution in [2.45, 2.75) is 225 Å². The number of carbonyl (C=O) groups is 1. The van der Waals surface area contributed by atoms with Gasteiger partial charge in [0.05, 0.1) is 6.61 Å². The summed E-state index contributed by atoms with van der Waals surface area (Å²) in [5.74, 6) is -0.364. The lowest BCUT2D eigenvalue weighted by Gasteiger charge is -2.37. The Morgan fingerprint density at radius 3 is 1.11 bits per heavy atom. The zero-order valence-corrected chi connectivity index (χ0v) is 30.5. The highest BCUT2D eigenvalue weighted by Crippen LogP contribution is 2.31. The summed E-state index contributed by atoms with van der Waals surface area (Å²) in [6.07, 6.45) is 44.7. The molecule has 0 saturated heterocycles. The van der Waals surface area contributed by atoms with Gasteiger partial charge in [0.15, 0.2) is 0 Å². The SMILES string of the molecule is CCCCCCCCC=CCCCCCCCCC(CCCCCCCCC=CCCCCCCCC)(OC(C)=O)C(O)CO. The molecule has 0 rings (SSSR count). The fourth-order valence-corrected chi connectivity index (χ4v) is 6.42. The predicted octanol–water partition coefficient (Wildman–Crippen LogP) is 12.5. The highest BCUT2D eigenvalue weighted by atomic mass is 16.6. The van der Waals surface area contributed by atoms with Crippen LogP contribution in [-0.2, 0) is 9.53 Å². The van der Waals surface area contributed by atoms with E-state index in [4.69, 9.17) is 4.74 Å². The van der Waals surface area contributed by atoms with Gasteiger partial charge in [-0.3, -0.25) is 4.79 Å². The van der Waals surface area contributed by atoms with Gasteiger partial charge < -0.3 is 14.9 Å². The van der Waals surface area contributed by atoms with Gasteiger partial charge in [-0.15, -0.1) is 0 Å². The highest BCUT2D eigenvalue weighted by Gasteiger charge is 2.39. The van der Waals surface area contributed by atoms with Gasteiger partial charge in [-0.25, -0.2) is 0 Å². The van der Waals surface area contributed by atoms with E-state index in [0.717, 1.165) is 25.7 Å². The standard InChI is InChI=1S/C41H78O4/c1-4-6-8-10-12-14-16-18-20-22-24-26-28-30-32-34-36-41(40(44)38-42,45-39(3)43)37-35-33-31-29-27-25-23-21-19-17-15-13-11-9-7-5-2/h18-21,40,42,44H,4-17,22-38H2,1-3H3. The Morgan fingerprint density at radius 2 is 0.822 bits per heavy atom. The minimum Gasteiger partial charge on any atom is -0.456 e. The van der Waals surface area contributed by atoms with Crippen LogP contribution in [0.5, 0.6) is 0 Å². The van der Waals surface area contributed by atoms with Gasteiger partial charge >= 0.3 is 5.97 Å². The molecule has 0 aliphatic rings. The smallest absolute Gasteiger partial charge is 0.303 e. The van der Waals surface area contributed by atoms with Crippen molar-refractivity contribution in [3.63, 3.8) is 0 Å². The molecule has 1 unspecified atom stereocenters. The molecule has 0 heterocycles. The lowest BCUT2D eigenvalue weighted by Crippen LogP contribution is -2.48. The highest BCUT2D eigenvalue weighted by molar-refractivity contribution is 5.66. The molecule has 1 atom stereocenters. The first-order valence-corrected chi connectivity index (χ1v) is 19.8. The summed E-state index contributed by atoms with van der Waals surface area (Å²) < 4.78 is 5.78. The average Bonchev–Trinajstić information content (AvgIpc) is 3.03. The molecule has 0 spiro atoms. The number of hydrogen-bond acceptors (Lipinski definition) is 4. The number of esters is 1. The number of allylic oxidation sites excluding steroid dienone is 4. The molecule has 0 amide bonds. The van der Waals surface area contributed by atoms with Gasteiger partial charge in [-0.05, 0) is 77.0 Å². The Kier molecular flexibility index (Phi) is 33.4. The normalized spacial score (nSPS) is 14.0. The molecule has 0 aliphatic carbocycles. The molecule has 2 N–H and O–H groups in total. The van der Waals surface area contributed by atoms with E-state index in [1.54, 1.807) is 0 Å². The van der Waals surface area contributed by atoms with Gasteiger partial charge in [0.25, 0.3) is 0 Å². The van der Waals surface area contributed by atoms with E-state index in [0.29, 0.717) is 12.8 Å². The zero-order valence-electron chi connectivity index (χ0n) is 30.5. The van der Waals surface area contributed by atoms with Crippen LogP contribution >= 0.6 is 0 Å². The second-order valence-electron chi connectivity index (χ2n) is 13.7. The van der Waals surface area contributed by atoms with Crippen molar-refractivity contribution in [2.24, 2.45) is 0 Å². The van der Waals surface area contributed by atoms with Gasteiger partial charge in [0.2, 0.25) is 0 Å². The zero-order chi connectivity index (χ0) is 33.1. The van der Waals surface area contributed by atoms with Crippen LogP contribution in [0.15, 0.2) is 24.3 Å². The van der Waals surface area contributed by atoms with Crippen LogP contribution in [0.3, 0.4) is 0 Å². The summed E-state index contributed by atoms with van der Waals surface area (Å²) in [6.45, 7) is 5.59. The van der Waals surface area contributed by atoms with Crippen LogP contribution in [0, 0.1) is 0 Å². The van der Waals surface area contributed by atoms with Crippen molar-refractivity contribution >= 4 is 5.97 Å². The summed E-state index contributed by atoms with van der Waals surface area (Å²) in [7, 11) is 0. The molecule has 0 aromatic carbocycles. The number of aliphatic hydroxyl groups excluding tert-OH is 2. The van der Waals surface area contributed by atoms with Crippen molar-refractivity contribution < 1.29 is 19.7 Å². The Hall–Kier alpha value is -1.13. The number of rotatable bonds is 35. The van der Waals surface area contributed by atoms with E-state index in [-0.39, 0.29) is 12.6 Å². The molecule has 0 radical (unpaired) electrons. The summed E-state index contributed by atoms with van der Waals surface area (Å²) in [5, 5.41) is 20.5. The quantitative estimate of drug-likeness (QED) is 0.0413. The van der Waals surface area contributed by atoms with E-state index in [1.807, 2.05) is 0 Å². The monoisotopic (exact) mass is 635 g/mol. The van der Waals surface area contributed by atoms with Crippen molar-refractivity contribution in [3.05, 3.63) is 24.3 Å². The van der Waals surface area contributed by atoms with Gasteiger partial charge in [0, 0.05) is 6.92 Å². The van der Waals surface area contributed by atoms with Crippen molar-refractivity contribution in [2.75, 3.05) is 6.61 Å². The van der Waals surface area contributed by atoms with Crippen LogP contribution in [0.4, 0.5) is 0 Å². The first-order chi connectivity index (χ1) is 22.0. The maximum atomic E-state index is 12.0. The third kappa shape index (κ3) is 28.8. The third-order valence-electron chi connectivity index (χ3n) is 9.35. The summed E-state index contributed by atoms with van der Waals surface area (Å²) in [4.78, 5) is 12.0. The summed E-state index contributed by atoms with van der Waals surface area (Å²) in [5.41, 5.74) is -0.956. The average molecular weight is 635 g/mol. The Bertz CT molecular complexity index is 628. The first kappa shape index (κ1) is 43.9. The minimum atomic E-state index is -1.02. The second-order valence-corrected chi connectivity index (χ2v) is 13.7. The van der Waals surface area contributed by atoms with Crippen molar-refractivity contribution in [1.29, 1.82) is 0 Å². The maximum Gasteiger partial charge on any atom is 0.303 e. The van der Waals surface area contributed by atoms with Crippen LogP contribution in [0.25, 0.3) is 0 Å². The molecule has 0 fully saturated rings. The summed E-state index contributed by atoms with van der Waals surface area (Å²) >= 11 is 0. The molecule has 45 heavy (non-hydrogen) atoms. The predicted molar refractivity (Wildman–Crippen MR) is 196 cm³/mol. The largest absolute Gasteiger partial charge is 0.456 e. The lowest BCUT2D eigenvalue weighted by molar-refractivity contribution is -0.178. The van der Waals surface area contributed by atoms with E-state index in [1.165, 1.54) is 161 Å². The molecule has 0 saturated carbocycles. The van der Waals surface area contributed by atoms with E-state index in [2.05, 4.69) is 38.2 Å². The van der Waals surface area contributed by atoms with Gasteiger partial charge in [-0.1, -0.05) is 154 Å². The van der Waals surface area contributed by atoms with Gasteiger partial charge in [0.1, 0.15) is 11.7 Å². The first-order valence-electron chi connectivity index (χ1n) is 19.8. The molecule has 4 heteroatoms. The third-order valence-corrected chi connectivity index (χ3v) is 9.35. The van der Waals surface area contributed by atoms with Crippen molar-refractivity contribution in [1.82, 2.24) is 0 Å². The van der Waals surface area contributed by atoms with Crippen LogP contribution in [-0.4, -0.2) is 34.5 Å². The van der Waals surface area contributed by atoms with Gasteiger partial charge in [-0.2, -0.15) is 0 Å². The van der Waals surface area contributed by atoms with E-state index < -0.39 is 11.7 Å². The molecule has 4 nitrogen and oxygen atoms in total. The molecule has 0 aromatic heterocycles. The molecular weight excluding hydrogens is 556 g/mol. The number of aliphatic hydroxyl groups is 2. The summed E-state index contributed by atoms with van der Waals surface area (Å²) in [6, 6.07) is 0. The number of ether oxygens (including phenoxy) is 1. The molecule has 0 aromatic rings. The lowest BCUT2D eigenvalue weighted by atomic mass is 9.84. The van der Waals surface area contributed by atoms with Crippen LogP contribution in [0.1, 0.15) is 213 Å². The second kappa shape index (κ2) is 34.2. The topological polar surface area (TPSA) is 66.8 Å². The Morgan fingerprint density at radius 1 is 0.533 bits per heavy atom. The molecule has 266 valence electrons. The molecular formula is C41H78O4. The number of hydrogen-bond donors (Lipinski definition) is 2. The fourth-order valence-electron chi connectivity index (χ4n) is 6.42. The Balaban J connectivity index is 4.08. The maximum absolute atomic E-state index is 12.0. The van der Waals surface area contributed by atoms with Crippen LogP contribution in [0.2, 0.25) is 0 Å². The van der Waals surface area contributed by atoms with Crippen LogP contribution < -0.4 is 0 Å². The molecule has 0 aliphatic heterocycles. The minimum absolute atomic E-state index is 0.364. The van der Waals surface area contributed by atoms with Crippen molar-refractivity contribution in [3.8, 4) is 0 Å².